The van der Waals surface area contributed by atoms with Crippen LogP contribution in [-0.4, -0.2) is 25.5 Å². The Bertz CT molecular complexity index is 1160. The van der Waals surface area contributed by atoms with Crippen LogP contribution >= 0.6 is 22.7 Å². The molecule has 0 atom stereocenters. The van der Waals surface area contributed by atoms with Gasteiger partial charge in [-0.3, -0.25) is 9.56 Å². The molecule has 1 aliphatic heterocycles. The Morgan fingerprint density at radius 3 is 2.52 bits per heavy atom. The number of hydrogen-bond acceptors (Lipinski definition) is 6. The molecule has 0 spiro atoms. The average Bonchev–Trinajstić information content (AvgIpc) is 3.36. The number of aliphatic imine (C=N–C) groups is 1. The third-order valence-corrected chi connectivity index (χ3v) is 6.93. The summed E-state index contributed by atoms with van der Waals surface area (Å²) in [6, 6.07) is 8.54. The third kappa shape index (κ3) is 2.57. The minimum atomic E-state index is 0.532. The molecule has 5 nitrogen and oxygen atoms in total. The predicted molar refractivity (Wildman–Crippen MR) is 110 cm³/mol. The third-order valence-electron chi connectivity index (χ3n) is 4.91. The van der Waals surface area contributed by atoms with Gasteiger partial charge in [0.2, 0.25) is 0 Å². The molecule has 0 fully saturated rings. The van der Waals surface area contributed by atoms with E-state index in [2.05, 4.69) is 57.9 Å². The van der Waals surface area contributed by atoms with Crippen molar-refractivity contribution < 1.29 is 0 Å². The first-order valence-corrected chi connectivity index (χ1v) is 10.4. The van der Waals surface area contributed by atoms with E-state index in [9.17, 15) is 0 Å². The van der Waals surface area contributed by atoms with Crippen molar-refractivity contribution in [2.45, 2.75) is 27.3 Å². The maximum Gasteiger partial charge on any atom is 0.160 e. The van der Waals surface area contributed by atoms with E-state index in [-0.39, 0.29) is 0 Å². The van der Waals surface area contributed by atoms with Gasteiger partial charge in [-0.05, 0) is 26.3 Å². The number of aryl methyl sites for hydroxylation is 2. The van der Waals surface area contributed by atoms with Gasteiger partial charge in [0.05, 0.1) is 5.71 Å². The molecule has 0 saturated carbocycles. The second-order valence-electron chi connectivity index (χ2n) is 6.54. The molecule has 0 saturated heterocycles. The lowest BCUT2D eigenvalue weighted by molar-refractivity contribution is 0.869. The van der Waals surface area contributed by atoms with Crippen LogP contribution in [0.15, 0.2) is 40.8 Å². The Labute approximate surface area is 165 Å². The quantitative estimate of drug-likeness (QED) is 0.496. The molecule has 0 radical (unpaired) electrons. The number of aromatic nitrogens is 4. The van der Waals surface area contributed by atoms with Crippen molar-refractivity contribution in [1.29, 1.82) is 0 Å². The van der Waals surface area contributed by atoms with Gasteiger partial charge in [0.25, 0.3) is 0 Å². The number of benzene rings is 1. The Kier molecular flexibility index (Phi) is 3.80. The van der Waals surface area contributed by atoms with Crippen molar-refractivity contribution in [3.8, 4) is 15.6 Å². The number of thiazole rings is 1. The van der Waals surface area contributed by atoms with Gasteiger partial charge in [0, 0.05) is 33.1 Å². The number of thiophene rings is 1. The van der Waals surface area contributed by atoms with Crippen molar-refractivity contribution in [2.75, 3.05) is 0 Å². The van der Waals surface area contributed by atoms with Crippen LogP contribution in [0.25, 0.3) is 15.6 Å². The fourth-order valence-electron chi connectivity index (χ4n) is 3.42. The Hall–Kier alpha value is -2.64. The molecule has 27 heavy (non-hydrogen) atoms. The summed E-state index contributed by atoms with van der Waals surface area (Å²) in [6.45, 7) is 6.87. The number of hydrogen-bond donors (Lipinski definition) is 0. The second-order valence-corrected chi connectivity index (χ2v) is 8.64. The monoisotopic (exact) mass is 391 g/mol. The Morgan fingerprint density at radius 2 is 1.78 bits per heavy atom. The van der Waals surface area contributed by atoms with E-state index in [4.69, 9.17) is 4.99 Å². The van der Waals surface area contributed by atoms with E-state index in [1.807, 2.05) is 18.5 Å². The van der Waals surface area contributed by atoms with E-state index < -0.39 is 0 Å². The molecule has 5 rings (SSSR count). The van der Waals surface area contributed by atoms with E-state index in [1.165, 1.54) is 21.0 Å². The zero-order valence-corrected chi connectivity index (χ0v) is 16.9. The average molecular weight is 392 g/mol. The van der Waals surface area contributed by atoms with Gasteiger partial charge in [-0.15, -0.1) is 32.9 Å². The second kappa shape index (κ2) is 6.21. The molecule has 4 aromatic rings. The largest absolute Gasteiger partial charge is 0.276 e. The Balaban J connectivity index is 1.66. The SMILES string of the molecule is Cc1sc2c(c1C)C(c1ccc(-c3nccs3)cc1)=NCc1nnc(C)n1-2. The van der Waals surface area contributed by atoms with Crippen molar-refractivity contribution in [3.05, 3.63) is 69.1 Å². The Morgan fingerprint density at radius 1 is 1.00 bits per heavy atom. The molecule has 0 bridgehead atoms. The van der Waals surface area contributed by atoms with Crippen LogP contribution < -0.4 is 0 Å². The highest BCUT2D eigenvalue weighted by molar-refractivity contribution is 7.15. The molecule has 134 valence electrons. The highest BCUT2D eigenvalue weighted by Gasteiger charge is 2.26. The summed E-state index contributed by atoms with van der Waals surface area (Å²) in [4.78, 5) is 10.6. The molecule has 1 aliphatic rings. The van der Waals surface area contributed by atoms with E-state index >= 15 is 0 Å². The fraction of sp³-hybridized carbons (Fsp3) is 0.200. The molecule has 1 aromatic carbocycles. The van der Waals surface area contributed by atoms with Crippen LogP contribution in [0, 0.1) is 20.8 Å². The molecule has 0 unspecified atom stereocenters. The normalized spacial score (nSPS) is 13.1. The lowest BCUT2D eigenvalue weighted by Gasteiger charge is -2.09. The van der Waals surface area contributed by atoms with Gasteiger partial charge in [-0.2, -0.15) is 0 Å². The maximum absolute atomic E-state index is 4.94. The molecule has 3 aromatic heterocycles. The van der Waals surface area contributed by atoms with Gasteiger partial charge in [-0.1, -0.05) is 24.3 Å². The van der Waals surface area contributed by atoms with Crippen molar-refractivity contribution in [3.63, 3.8) is 0 Å². The van der Waals surface area contributed by atoms with Gasteiger partial charge in [-0.25, -0.2) is 4.98 Å². The van der Waals surface area contributed by atoms with Gasteiger partial charge < -0.3 is 0 Å². The minimum absolute atomic E-state index is 0.532. The predicted octanol–water partition coefficient (Wildman–Crippen LogP) is 4.73. The molecule has 0 N–H and O–H groups in total. The molecular weight excluding hydrogens is 374 g/mol. The summed E-state index contributed by atoms with van der Waals surface area (Å²) in [5.74, 6) is 1.80. The van der Waals surface area contributed by atoms with Crippen LogP contribution in [-0.2, 0) is 6.54 Å². The zero-order chi connectivity index (χ0) is 18.5. The lowest BCUT2D eigenvalue weighted by atomic mass is 9.99. The van der Waals surface area contributed by atoms with Gasteiger partial charge >= 0.3 is 0 Å². The topological polar surface area (TPSA) is 56.0 Å². The molecular formula is C20H17N5S2. The number of fused-ring (bicyclic) bond motifs is 3. The molecule has 0 amide bonds. The summed E-state index contributed by atoms with van der Waals surface area (Å²) in [5.41, 5.74) is 5.76. The smallest absolute Gasteiger partial charge is 0.160 e. The number of nitrogens with zero attached hydrogens (tertiary/aromatic N) is 5. The summed E-state index contributed by atoms with van der Waals surface area (Å²) in [6.07, 6.45) is 1.84. The highest BCUT2D eigenvalue weighted by atomic mass is 32.1. The fourth-order valence-corrected chi connectivity index (χ4v) is 5.29. The summed E-state index contributed by atoms with van der Waals surface area (Å²) in [5, 5.41) is 12.8. The number of rotatable bonds is 2. The zero-order valence-electron chi connectivity index (χ0n) is 15.2. The summed E-state index contributed by atoms with van der Waals surface area (Å²) >= 11 is 3.44. The molecule has 0 aliphatic carbocycles. The van der Waals surface area contributed by atoms with E-state index in [0.717, 1.165) is 33.5 Å². The van der Waals surface area contributed by atoms with Gasteiger partial charge in [0.1, 0.15) is 22.4 Å². The van der Waals surface area contributed by atoms with Crippen molar-refractivity contribution in [1.82, 2.24) is 19.7 Å². The van der Waals surface area contributed by atoms with E-state index in [0.29, 0.717) is 6.54 Å². The summed E-state index contributed by atoms with van der Waals surface area (Å²) < 4.78 is 2.15. The minimum Gasteiger partial charge on any atom is -0.276 e. The van der Waals surface area contributed by atoms with Crippen molar-refractivity contribution in [2.24, 2.45) is 4.99 Å². The van der Waals surface area contributed by atoms with Gasteiger partial charge in [0.15, 0.2) is 5.82 Å². The van der Waals surface area contributed by atoms with Crippen molar-refractivity contribution >= 4 is 28.4 Å². The first kappa shape index (κ1) is 16.5. The molecule has 7 heteroatoms. The summed E-state index contributed by atoms with van der Waals surface area (Å²) in [7, 11) is 0. The standard InChI is InChI=1S/C20H17N5S2/c1-11-12(2)27-20-17(11)18(22-10-16-24-23-13(3)25(16)20)14-4-6-15(7-5-14)19-21-8-9-26-19/h4-9H,10H2,1-3H3. The first-order valence-electron chi connectivity index (χ1n) is 8.70. The van der Waals surface area contributed by atoms with Crippen LogP contribution in [0.1, 0.15) is 33.2 Å². The lowest BCUT2D eigenvalue weighted by Crippen LogP contribution is -2.07. The maximum atomic E-state index is 4.94. The molecule has 4 heterocycles. The van der Waals surface area contributed by atoms with Crippen LogP contribution in [0.4, 0.5) is 0 Å². The highest BCUT2D eigenvalue weighted by Crippen LogP contribution is 2.36. The van der Waals surface area contributed by atoms with Crippen LogP contribution in [0.5, 0.6) is 0 Å². The van der Waals surface area contributed by atoms with E-state index in [1.54, 1.807) is 22.7 Å². The van der Waals surface area contributed by atoms with Crippen LogP contribution in [0.2, 0.25) is 0 Å². The van der Waals surface area contributed by atoms with Crippen LogP contribution in [0.3, 0.4) is 0 Å². The first-order chi connectivity index (χ1) is 13.1.